The molecule has 0 unspecified atom stereocenters. The lowest BCUT2D eigenvalue weighted by atomic mass is 10.2. The van der Waals surface area contributed by atoms with Crippen molar-refractivity contribution in [3.8, 4) is 0 Å². The summed E-state index contributed by atoms with van der Waals surface area (Å²) in [5, 5.41) is 9.41. The minimum atomic E-state index is -3.62. The Hall–Kier alpha value is -1.55. The van der Waals surface area contributed by atoms with Gasteiger partial charge in [0.25, 0.3) is 10.0 Å². The lowest BCUT2D eigenvalue weighted by Crippen LogP contribution is -2.12. The molecule has 0 aliphatic carbocycles. The Morgan fingerprint density at radius 3 is 2.74 bits per heavy atom. The highest BCUT2D eigenvalue weighted by Crippen LogP contribution is 2.23. The molecule has 0 saturated carbocycles. The third kappa shape index (κ3) is 4.25. The first kappa shape index (κ1) is 16.3. The number of thiophene rings is 1. The fourth-order valence-corrected chi connectivity index (χ4v) is 4.51. The van der Waals surface area contributed by atoms with E-state index < -0.39 is 10.0 Å². The van der Waals surface area contributed by atoms with Crippen molar-refractivity contribution in [1.82, 2.24) is 15.2 Å². The largest absolute Gasteiger partial charge is 0.273 e. The summed E-state index contributed by atoms with van der Waals surface area (Å²) in [6.45, 7) is 0. The maximum Gasteiger partial charge on any atom is 0.273 e. The van der Waals surface area contributed by atoms with E-state index in [0.717, 1.165) is 16.9 Å². The summed E-state index contributed by atoms with van der Waals surface area (Å²) < 4.78 is 26.7. The average Bonchev–Trinajstić information content (AvgIpc) is 3.18. The summed E-state index contributed by atoms with van der Waals surface area (Å²) in [6.07, 6.45) is 0. The predicted molar refractivity (Wildman–Crippen MR) is 92.5 cm³/mol. The van der Waals surface area contributed by atoms with Crippen LogP contribution in [0.1, 0.15) is 5.56 Å². The standard InChI is InChI=1S/C13H11ClN4O2S3/c14-10-5-3-9(4-6-10)8-22-13-15-12(16-17-13)18-23(19,20)11-2-1-7-21-11/h1-7H,8H2,(H2,15,16,17,18). The summed E-state index contributed by atoms with van der Waals surface area (Å²) in [4.78, 5) is 4.12. The second kappa shape index (κ2) is 6.91. The summed E-state index contributed by atoms with van der Waals surface area (Å²) in [5.74, 6) is 0.753. The minimum Gasteiger partial charge on any atom is -0.247 e. The van der Waals surface area contributed by atoms with E-state index in [2.05, 4.69) is 19.9 Å². The highest BCUT2D eigenvalue weighted by molar-refractivity contribution is 7.98. The normalized spacial score (nSPS) is 11.5. The zero-order valence-corrected chi connectivity index (χ0v) is 14.8. The second-order valence-electron chi connectivity index (χ2n) is 4.42. The number of nitrogens with one attached hydrogen (secondary N) is 2. The Morgan fingerprint density at radius 2 is 2.04 bits per heavy atom. The van der Waals surface area contributed by atoms with Gasteiger partial charge in [-0.2, -0.15) is 4.98 Å². The van der Waals surface area contributed by atoms with Crippen LogP contribution in [0.2, 0.25) is 5.02 Å². The second-order valence-corrected chi connectivity index (χ2v) is 8.66. The van der Waals surface area contributed by atoms with Gasteiger partial charge in [0.1, 0.15) is 4.21 Å². The molecule has 120 valence electrons. The van der Waals surface area contributed by atoms with Crippen molar-refractivity contribution in [3.63, 3.8) is 0 Å². The van der Waals surface area contributed by atoms with Gasteiger partial charge in [-0.15, -0.1) is 16.4 Å². The molecular weight excluding hydrogens is 376 g/mol. The van der Waals surface area contributed by atoms with Gasteiger partial charge in [0, 0.05) is 10.8 Å². The number of sulfonamides is 1. The minimum absolute atomic E-state index is 0.0945. The Bertz CT molecular complexity index is 876. The van der Waals surface area contributed by atoms with E-state index in [1.54, 1.807) is 11.4 Å². The molecule has 10 heteroatoms. The van der Waals surface area contributed by atoms with Crippen LogP contribution >= 0.6 is 34.7 Å². The van der Waals surface area contributed by atoms with Gasteiger partial charge in [-0.3, -0.25) is 0 Å². The van der Waals surface area contributed by atoms with Crippen molar-refractivity contribution in [1.29, 1.82) is 0 Å². The van der Waals surface area contributed by atoms with Crippen LogP contribution in [0.3, 0.4) is 0 Å². The van der Waals surface area contributed by atoms with Crippen LogP contribution in [-0.2, 0) is 15.8 Å². The highest BCUT2D eigenvalue weighted by Gasteiger charge is 2.17. The van der Waals surface area contributed by atoms with Gasteiger partial charge in [0.15, 0.2) is 0 Å². The first-order valence-corrected chi connectivity index (χ1v) is 10.1. The van der Waals surface area contributed by atoms with Crippen molar-refractivity contribution in [2.45, 2.75) is 15.1 Å². The lowest BCUT2D eigenvalue weighted by molar-refractivity contribution is 0.602. The number of H-pyrrole nitrogens is 1. The zero-order valence-electron chi connectivity index (χ0n) is 11.6. The van der Waals surface area contributed by atoms with E-state index in [9.17, 15) is 8.42 Å². The molecule has 3 rings (SSSR count). The number of hydrogen-bond donors (Lipinski definition) is 2. The number of aromatic nitrogens is 3. The van der Waals surface area contributed by atoms with E-state index in [1.807, 2.05) is 24.3 Å². The molecule has 0 amide bonds. The summed E-state index contributed by atoms with van der Waals surface area (Å²) in [7, 11) is -3.62. The molecular formula is C13H11ClN4O2S3. The number of halogens is 1. The molecule has 0 atom stereocenters. The molecule has 2 aromatic heterocycles. The predicted octanol–water partition coefficient (Wildman–Crippen LogP) is 3.61. The van der Waals surface area contributed by atoms with Gasteiger partial charge >= 0.3 is 0 Å². The third-order valence-electron chi connectivity index (χ3n) is 2.74. The number of rotatable bonds is 6. The molecule has 3 aromatic rings. The number of thioether (sulfide) groups is 1. The Kier molecular flexibility index (Phi) is 4.90. The van der Waals surface area contributed by atoms with Crippen molar-refractivity contribution in [3.05, 3.63) is 52.4 Å². The molecule has 23 heavy (non-hydrogen) atoms. The summed E-state index contributed by atoms with van der Waals surface area (Å²) in [5.41, 5.74) is 1.07. The van der Waals surface area contributed by atoms with Crippen molar-refractivity contribution < 1.29 is 8.42 Å². The molecule has 2 heterocycles. The number of hydrogen-bond acceptors (Lipinski definition) is 6. The van der Waals surface area contributed by atoms with E-state index >= 15 is 0 Å². The first-order chi connectivity index (χ1) is 11.0. The van der Waals surface area contributed by atoms with Gasteiger partial charge in [-0.25, -0.2) is 18.2 Å². The van der Waals surface area contributed by atoms with E-state index in [-0.39, 0.29) is 10.2 Å². The van der Waals surface area contributed by atoms with Crippen LogP contribution in [0.4, 0.5) is 5.95 Å². The number of anilines is 1. The maximum atomic E-state index is 12.1. The third-order valence-corrected chi connectivity index (χ3v) is 6.64. The molecule has 0 aliphatic heterocycles. The van der Waals surface area contributed by atoms with E-state index in [0.29, 0.717) is 15.9 Å². The summed E-state index contributed by atoms with van der Waals surface area (Å²) in [6, 6.07) is 10.7. The Labute approximate surface area is 146 Å². The lowest BCUT2D eigenvalue weighted by Gasteiger charge is -2.01. The van der Waals surface area contributed by atoms with E-state index in [4.69, 9.17) is 11.6 Å². The zero-order chi connectivity index (χ0) is 16.3. The van der Waals surface area contributed by atoms with Crippen LogP contribution in [0.15, 0.2) is 51.1 Å². The quantitative estimate of drug-likeness (QED) is 0.632. The molecule has 2 N–H and O–H groups in total. The molecule has 0 saturated heterocycles. The fourth-order valence-electron chi connectivity index (χ4n) is 1.68. The van der Waals surface area contributed by atoms with Gasteiger partial charge in [0.05, 0.1) is 0 Å². The summed E-state index contributed by atoms with van der Waals surface area (Å²) >= 11 is 8.37. The van der Waals surface area contributed by atoms with Crippen LogP contribution in [0, 0.1) is 0 Å². The molecule has 0 spiro atoms. The Morgan fingerprint density at radius 1 is 1.26 bits per heavy atom. The van der Waals surface area contributed by atoms with Gasteiger partial charge in [0.2, 0.25) is 11.1 Å². The molecule has 0 aliphatic rings. The van der Waals surface area contributed by atoms with Gasteiger partial charge in [-0.1, -0.05) is 41.6 Å². The fraction of sp³-hybridized carbons (Fsp3) is 0.0769. The van der Waals surface area contributed by atoms with Crippen LogP contribution < -0.4 is 4.72 Å². The van der Waals surface area contributed by atoms with Crippen molar-refractivity contribution in [2.75, 3.05) is 4.72 Å². The molecule has 6 nitrogen and oxygen atoms in total. The van der Waals surface area contributed by atoms with Crippen LogP contribution in [0.25, 0.3) is 0 Å². The molecule has 1 aromatic carbocycles. The van der Waals surface area contributed by atoms with Crippen molar-refractivity contribution >= 4 is 50.7 Å². The SMILES string of the molecule is O=S(=O)(Nc1nc(SCc2ccc(Cl)cc2)n[nH]1)c1cccs1. The molecule has 0 radical (unpaired) electrons. The topological polar surface area (TPSA) is 87.7 Å². The van der Waals surface area contributed by atoms with Gasteiger partial charge < -0.3 is 0 Å². The maximum absolute atomic E-state index is 12.1. The molecule has 0 bridgehead atoms. The van der Waals surface area contributed by atoms with Crippen LogP contribution in [0.5, 0.6) is 0 Å². The van der Waals surface area contributed by atoms with Crippen LogP contribution in [-0.4, -0.2) is 23.6 Å². The van der Waals surface area contributed by atoms with E-state index in [1.165, 1.54) is 17.8 Å². The smallest absolute Gasteiger partial charge is 0.247 e. The molecule has 0 fully saturated rings. The first-order valence-electron chi connectivity index (χ1n) is 6.39. The van der Waals surface area contributed by atoms with Crippen molar-refractivity contribution in [2.24, 2.45) is 0 Å². The van der Waals surface area contributed by atoms with Gasteiger partial charge in [-0.05, 0) is 29.1 Å². The number of benzene rings is 1. The highest BCUT2D eigenvalue weighted by atomic mass is 35.5. The Balaban J connectivity index is 1.63. The number of nitrogens with zero attached hydrogens (tertiary/aromatic N) is 2. The monoisotopic (exact) mass is 386 g/mol. The number of aromatic amines is 1. The average molecular weight is 387 g/mol.